The number of hydrogen-bond acceptors (Lipinski definition) is 6. The lowest BCUT2D eigenvalue weighted by Crippen LogP contribution is -2.60. The fourth-order valence-electron chi connectivity index (χ4n) is 2.98. The van der Waals surface area contributed by atoms with Gasteiger partial charge in [0.25, 0.3) is 0 Å². The van der Waals surface area contributed by atoms with Crippen molar-refractivity contribution < 1.29 is 28.2 Å². The normalized spacial score (nSPS) is 28.6. The maximum Gasteiger partial charge on any atom is 0.490 e. The molecule has 2 heterocycles. The minimum atomic E-state index is -5.08. The Morgan fingerprint density at radius 2 is 1.92 bits per heavy atom. The molecular formula is C14H20F3N3O3S. The van der Waals surface area contributed by atoms with E-state index in [1.807, 2.05) is 6.20 Å². The summed E-state index contributed by atoms with van der Waals surface area (Å²) < 4.78 is 31.7. The number of carboxylic acid groups (broad SMARTS) is 1. The topological polar surface area (TPSA) is 99.7 Å². The molecule has 0 amide bonds. The van der Waals surface area contributed by atoms with Crippen LogP contribution in [0.15, 0.2) is 11.7 Å². The Morgan fingerprint density at radius 1 is 1.38 bits per heavy atom. The lowest BCUT2D eigenvalue weighted by atomic mass is 9.80. The molecule has 1 saturated carbocycles. The molecule has 0 aromatic carbocycles. The second kappa shape index (κ2) is 7.34. The molecule has 1 aromatic heterocycles. The van der Waals surface area contributed by atoms with E-state index in [2.05, 4.69) is 9.88 Å². The smallest absolute Gasteiger partial charge is 0.475 e. The number of thiazole rings is 1. The number of aliphatic carboxylic acids is 1. The number of aliphatic hydroxyl groups is 1. The molecule has 2 aliphatic rings. The molecule has 1 aliphatic carbocycles. The summed E-state index contributed by atoms with van der Waals surface area (Å²) in [6, 6.07) is 1.00. The fraction of sp³-hybridized carbons (Fsp3) is 0.714. The minimum Gasteiger partial charge on any atom is -0.475 e. The SMILES string of the molecule is NC1CN(C2CCC(O)(c3cncs3)CC2)C1.O=C(O)C(F)(F)F. The largest absolute Gasteiger partial charge is 0.490 e. The maximum absolute atomic E-state index is 10.6. The van der Waals surface area contributed by atoms with Crippen molar-refractivity contribution in [1.29, 1.82) is 0 Å². The average Bonchev–Trinajstić information content (AvgIpc) is 3.00. The molecule has 0 radical (unpaired) electrons. The van der Waals surface area contributed by atoms with Gasteiger partial charge >= 0.3 is 12.1 Å². The van der Waals surface area contributed by atoms with E-state index in [1.54, 1.807) is 16.8 Å². The van der Waals surface area contributed by atoms with Gasteiger partial charge in [-0.05, 0) is 25.7 Å². The average molecular weight is 367 g/mol. The number of aromatic nitrogens is 1. The first-order valence-electron chi connectivity index (χ1n) is 7.53. The van der Waals surface area contributed by atoms with Gasteiger partial charge in [0.15, 0.2) is 0 Å². The molecule has 6 nitrogen and oxygen atoms in total. The molecule has 0 atom stereocenters. The van der Waals surface area contributed by atoms with E-state index in [9.17, 15) is 18.3 Å². The van der Waals surface area contributed by atoms with Crippen molar-refractivity contribution in [3.8, 4) is 0 Å². The van der Waals surface area contributed by atoms with Crippen LogP contribution in [-0.2, 0) is 10.4 Å². The summed E-state index contributed by atoms with van der Waals surface area (Å²) in [4.78, 5) is 16.4. The number of nitrogens with two attached hydrogens (primary N) is 1. The van der Waals surface area contributed by atoms with Gasteiger partial charge in [0.2, 0.25) is 0 Å². The first kappa shape index (κ1) is 19.1. The van der Waals surface area contributed by atoms with Crippen molar-refractivity contribution in [2.24, 2.45) is 5.73 Å². The minimum absolute atomic E-state index is 0.373. The molecule has 136 valence electrons. The predicted molar refractivity (Wildman–Crippen MR) is 81.5 cm³/mol. The summed E-state index contributed by atoms with van der Waals surface area (Å²) in [5, 5.41) is 17.7. The number of halogens is 3. The van der Waals surface area contributed by atoms with Crippen LogP contribution >= 0.6 is 11.3 Å². The molecule has 1 aromatic rings. The lowest BCUT2D eigenvalue weighted by molar-refractivity contribution is -0.192. The van der Waals surface area contributed by atoms with Crippen LogP contribution in [0.4, 0.5) is 13.2 Å². The van der Waals surface area contributed by atoms with Crippen molar-refractivity contribution in [3.05, 3.63) is 16.6 Å². The summed E-state index contributed by atoms with van der Waals surface area (Å²) in [7, 11) is 0. The third kappa shape index (κ3) is 4.65. The van der Waals surface area contributed by atoms with Crippen molar-refractivity contribution in [2.75, 3.05) is 13.1 Å². The van der Waals surface area contributed by atoms with E-state index in [-0.39, 0.29) is 0 Å². The van der Waals surface area contributed by atoms with Crippen molar-refractivity contribution in [3.63, 3.8) is 0 Å². The molecule has 2 fully saturated rings. The fourth-order valence-corrected chi connectivity index (χ4v) is 3.76. The Balaban J connectivity index is 0.000000256. The number of carbonyl (C=O) groups is 1. The second-order valence-corrected chi connectivity index (χ2v) is 7.03. The van der Waals surface area contributed by atoms with Crippen molar-refractivity contribution >= 4 is 17.3 Å². The van der Waals surface area contributed by atoms with Crippen LogP contribution in [-0.4, -0.2) is 57.4 Å². The highest BCUT2D eigenvalue weighted by molar-refractivity contribution is 7.09. The summed E-state index contributed by atoms with van der Waals surface area (Å²) in [5.41, 5.74) is 6.99. The molecule has 0 unspecified atom stereocenters. The zero-order valence-corrected chi connectivity index (χ0v) is 13.7. The van der Waals surface area contributed by atoms with E-state index in [0.29, 0.717) is 12.1 Å². The number of likely N-dealkylation sites (tertiary alicyclic amines) is 1. The summed E-state index contributed by atoms with van der Waals surface area (Å²) >= 11 is 1.56. The van der Waals surface area contributed by atoms with Gasteiger partial charge in [0.05, 0.1) is 10.4 Å². The molecule has 4 N–H and O–H groups in total. The van der Waals surface area contributed by atoms with Gasteiger partial charge in [-0.25, -0.2) is 4.79 Å². The highest BCUT2D eigenvalue weighted by Gasteiger charge is 2.40. The van der Waals surface area contributed by atoms with Gasteiger partial charge in [-0.15, -0.1) is 11.3 Å². The zero-order valence-electron chi connectivity index (χ0n) is 12.9. The van der Waals surface area contributed by atoms with E-state index in [1.165, 1.54) is 0 Å². The van der Waals surface area contributed by atoms with Crippen LogP contribution in [0, 0.1) is 0 Å². The molecule has 3 rings (SSSR count). The molecule has 0 spiro atoms. The Bertz CT molecular complexity index is 539. The number of alkyl halides is 3. The number of hydrogen-bond donors (Lipinski definition) is 3. The summed E-state index contributed by atoms with van der Waals surface area (Å²) in [6.07, 6.45) is 0.573. The lowest BCUT2D eigenvalue weighted by Gasteiger charge is -2.46. The molecule has 24 heavy (non-hydrogen) atoms. The molecule has 1 saturated heterocycles. The van der Waals surface area contributed by atoms with E-state index in [0.717, 1.165) is 43.6 Å². The van der Waals surface area contributed by atoms with E-state index < -0.39 is 17.7 Å². The number of nitrogens with zero attached hydrogens (tertiary/aromatic N) is 2. The monoisotopic (exact) mass is 367 g/mol. The summed E-state index contributed by atoms with van der Waals surface area (Å²) in [6.45, 7) is 2.06. The predicted octanol–water partition coefficient (Wildman–Crippen LogP) is 1.55. The van der Waals surface area contributed by atoms with E-state index >= 15 is 0 Å². The van der Waals surface area contributed by atoms with Gasteiger partial charge in [-0.3, -0.25) is 9.88 Å². The quantitative estimate of drug-likeness (QED) is 0.733. The zero-order chi connectivity index (χ0) is 18.0. The molecule has 10 heteroatoms. The molecular weight excluding hydrogens is 347 g/mol. The van der Waals surface area contributed by atoms with Crippen LogP contribution in [0.2, 0.25) is 0 Å². The van der Waals surface area contributed by atoms with Crippen LogP contribution in [0.5, 0.6) is 0 Å². The third-order valence-electron chi connectivity index (χ3n) is 4.37. The van der Waals surface area contributed by atoms with Crippen LogP contribution in [0.1, 0.15) is 30.6 Å². The Labute approximate surface area is 141 Å². The first-order chi connectivity index (χ1) is 11.1. The van der Waals surface area contributed by atoms with Gasteiger partial charge in [0.1, 0.15) is 5.60 Å². The van der Waals surface area contributed by atoms with Gasteiger partial charge in [-0.1, -0.05) is 0 Å². The van der Waals surface area contributed by atoms with Crippen LogP contribution in [0.25, 0.3) is 0 Å². The standard InChI is InChI=1S/C12H19N3OS.C2HF3O2/c13-9-6-15(7-9)10-1-3-12(16,4-2-10)11-5-14-8-17-11;3-2(4,5)1(6)7/h5,8-10,16H,1-4,6-7,13H2;(H,6,7). The van der Waals surface area contributed by atoms with Crippen molar-refractivity contribution in [1.82, 2.24) is 9.88 Å². The number of carboxylic acids is 1. The molecule has 0 bridgehead atoms. The summed E-state index contributed by atoms with van der Waals surface area (Å²) in [5.74, 6) is -2.76. The Hall–Kier alpha value is -1.23. The maximum atomic E-state index is 10.6. The van der Waals surface area contributed by atoms with Gasteiger partial charge in [0, 0.05) is 31.4 Å². The van der Waals surface area contributed by atoms with E-state index in [4.69, 9.17) is 15.6 Å². The first-order valence-corrected chi connectivity index (χ1v) is 8.41. The highest BCUT2D eigenvalue weighted by atomic mass is 32.1. The van der Waals surface area contributed by atoms with Crippen LogP contribution in [0.3, 0.4) is 0 Å². The third-order valence-corrected chi connectivity index (χ3v) is 5.34. The molecule has 1 aliphatic heterocycles. The number of rotatable bonds is 2. The Kier molecular flexibility index (Phi) is 5.84. The van der Waals surface area contributed by atoms with Crippen molar-refractivity contribution in [2.45, 2.75) is 49.5 Å². The Morgan fingerprint density at radius 3 is 2.29 bits per heavy atom. The second-order valence-electron chi connectivity index (χ2n) is 6.15. The van der Waals surface area contributed by atoms with Gasteiger partial charge in [-0.2, -0.15) is 13.2 Å². The van der Waals surface area contributed by atoms with Crippen LogP contribution < -0.4 is 5.73 Å². The van der Waals surface area contributed by atoms with Gasteiger partial charge < -0.3 is 15.9 Å². The highest BCUT2D eigenvalue weighted by Crippen LogP contribution is 2.40.